The quantitative estimate of drug-likeness (QED) is 0.653. The van der Waals surface area contributed by atoms with E-state index in [1.807, 2.05) is 0 Å². The van der Waals surface area contributed by atoms with Crippen LogP contribution in [0, 0.1) is 15.9 Å². The third-order valence-electron chi connectivity index (χ3n) is 3.22. The molecule has 1 saturated carbocycles. The molecular weight excluding hydrogens is 261 g/mol. The maximum Gasteiger partial charge on any atom is 0.295 e. The van der Waals surface area contributed by atoms with Crippen molar-refractivity contribution in [2.75, 3.05) is 11.9 Å². The van der Waals surface area contributed by atoms with Crippen LogP contribution < -0.4 is 11.1 Å². The summed E-state index contributed by atoms with van der Waals surface area (Å²) in [6.07, 6.45) is 2.82. The van der Waals surface area contributed by atoms with E-state index in [2.05, 4.69) is 5.32 Å². The Morgan fingerprint density at radius 3 is 2.72 bits per heavy atom. The van der Waals surface area contributed by atoms with Gasteiger partial charge in [0.1, 0.15) is 11.5 Å². The lowest BCUT2D eigenvalue weighted by molar-refractivity contribution is -0.384. The molecule has 1 fully saturated rings. The Balaban J connectivity index is 2.20. The topological polar surface area (TPSA) is 81.2 Å². The average Bonchev–Trinajstić information content (AvgIpc) is 2.27. The average molecular weight is 274 g/mol. The molecule has 98 valence electrons. The van der Waals surface area contributed by atoms with Crippen LogP contribution >= 0.6 is 11.6 Å². The molecular formula is C11H13ClFN3O2. The summed E-state index contributed by atoms with van der Waals surface area (Å²) in [5, 5.41) is 13.6. The molecule has 0 amide bonds. The van der Waals surface area contributed by atoms with Crippen LogP contribution in [0.5, 0.6) is 0 Å². The molecule has 0 radical (unpaired) electrons. The van der Waals surface area contributed by atoms with Crippen molar-refractivity contribution in [3.05, 3.63) is 33.1 Å². The smallest absolute Gasteiger partial charge is 0.295 e. The molecule has 5 nitrogen and oxygen atoms in total. The van der Waals surface area contributed by atoms with Gasteiger partial charge in [-0.3, -0.25) is 10.1 Å². The van der Waals surface area contributed by atoms with Crippen molar-refractivity contribution in [3.63, 3.8) is 0 Å². The van der Waals surface area contributed by atoms with Crippen LogP contribution in [-0.4, -0.2) is 17.0 Å². The number of nitro benzene ring substituents is 1. The first-order chi connectivity index (χ1) is 8.41. The van der Waals surface area contributed by atoms with Gasteiger partial charge in [0, 0.05) is 12.1 Å². The molecule has 0 unspecified atom stereocenters. The Morgan fingerprint density at radius 1 is 1.56 bits per heavy atom. The van der Waals surface area contributed by atoms with Gasteiger partial charge < -0.3 is 11.1 Å². The second-order valence-corrected chi connectivity index (χ2v) is 5.02. The minimum atomic E-state index is -0.806. The van der Waals surface area contributed by atoms with Gasteiger partial charge in [0.05, 0.1) is 16.0 Å². The summed E-state index contributed by atoms with van der Waals surface area (Å²) in [7, 11) is 0. The van der Waals surface area contributed by atoms with Gasteiger partial charge in [-0.2, -0.15) is 0 Å². The van der Waals surface area contributed by atoms with Gasteiger partial charge in [0.25, 0.3) is 5.69 Å². The minimum Gasteiger partial charge on any atom is -0.378 e. The van der Waals surface area contributed by atoms with Gasteiger partial charge in [-0.05, 0) is 25.3 Å². The first-order valence-electron chi connectivity index (χ1n) is 5.57. The highest BCUT2D eigenvalue weighted by molar-refractivity contribution is 6.31. The van der Waals surface area contributed by atoms with Crippen LogP contribution in [0.1, 0.15) is 19.3 Å². The summed E-state index contributed by atoms with van der Waals surface area (Å²) in [6.45, 7) is 0.413. The van der Waals surface area contributed by atoms with Gasteiger partial charge in [-0.15, -0.1) is 0 Å². The molecule has 1 aromatic carbocycles. The summed E-state index contributed by atoms with van der Waals surface area (Å²) >= 11 is 5.62. The zero-order valence-electron chi connectivity index (χ0n) is 9.58. The summed E-state index contributed by atoms with van der Waals surface area (Å²) in [6, 6.07) is 2.03. The van der Waals surface area contributed by atoms with Crippen molar-refractivity contribution in [1.29, 1.82) is 0 Å². The molecule has 1 aromatic rings. The number of hydrogen-bond donors (Lipinski definition) is 2. The number of rotatable bonds is 4. The van der Waals surface area contributed by atoms with E-state index in [0.717, 1.165) is 25.3 Å². The minimum absolute atomic E-state index is 0.150. The number of nitrogens with zero attached hydrogens (tertiary/aromatic N) is 1. The molecule has 0 aliphatic heterocycles. The standard InChI is InChI=1S/C11H13ClFN3O2/c12-7-4-9(10(16(17)18)5-8(7)13)15-6-11(14)2-1-3-11/h4-5,15H,1-3,6,14H2. The Labute approximate surface area is 108 Å². The molecule has 0 saturated heterocycles. The zero-order chi connectivity index (χ0) is 13.3. The fourth-order valence-corrected chi connectivity index (χ4v) is 2.07. The van der Waals surface area contributed by atoms with Crippen molar-refractivity contribution >= 4 is 23.0 Å². The summed E-state index contributed by atoms with van der Waals surface area (Å²) in [5.74, 6) is -0.806. The number of nitro groups is 1. The van der Waals surface area contributed by atoms with E-state index in [0.29, 0.717) is 6.54 Å². The van der Waals surface area contributed by atoms with Crippen LogP contribution in [0.4, 0.5) is 15.8 Å². The zero-order valence-corrected chi connectivity index (χ0v) is 10.3. The second kappa shape index (κ2) is 4.70. The normalized spacial score (nSPS) is 17.1. The summed E-state index contributed by atoms with van der Waals surface area (Å²) < 4.78 is 13.2. The van der Waals surface area contributed by atoms with Crippen LogP contribution in [0.25, 0.3) is 0 Å². The number of hydrogen-bond acceptors (Lipinski definition) is 4. The number of nitrogens with one attached hydrogen (secondary N) is 1. The highest BCUT2D eigenvalue weighted by atomic mass is 35.5. The number of nitrogens with two attached hydrogens (primary N) is 1. The number of halogens is 2. The van der Waals surface area contributed by atoms with Crippen LogP contribution in [0.3, 0.4) is 0 Å². The second-order valence-electron chi connectivity index (χ2n) is 4.61. The van der Waals surface area contributed by atoms with E-state index < -0.39 is 10.7 Å². The monoisotopic (exact) mass is 273 g/mol. The van der Waals surface area contributed by atoms with Crippen molar-refractivity contribution in [3.8, 4) is 0 Å². The number of anilines is 1. The number of benzene rings is 1. The summed E-state index contributed by atoms with van der Waals surface area (Å²) in [5.41, 5.74) is 5.54. The van der Waals surface area contributed by atoms with Crippen molar-refractivity contribution < 1.29 is 9.31 Å². The van der Waals surface area contributed by atoms with Gasteiger partial charge in [0.15, 0.2) is 0 Å². The van der Waals surface area contributed by atoms with Gasteiger partial charge in [-0.1, -0.05) is 11.6 Å². The van der Waals surface area contributed by atoms with E-state index >= 15 is 0 Å². The predicted octanol–water partition coefficient (Wildman–Crippen LogP) is 2.68. The Bertz CT molecular complexity index is 491. The Morgan fingerprint density at radius 2 is 2.22 bits per heavy atom. The van der Waals surface area contributed by atoms with Crippen LogP contribution in [-0.2, 0) is 0 Å². The first kappa shape index (κ1) is 13.0. The van der Waals surface area contributed by atoms with Crippen molar-refractivity contribution in [2.24, 2.45) is 5.73 Å². The maximum atomic E-state index is 13.2. The van der Waals surface area contributed by atoms with Gasteiger partial charge >= 0.3 is 0 Å². The highest BCUT2D eigenvalue weighted by Gasteiger charge is 2.32. The lowest BCUT2D eigenvalue weighted by atomic mass is 9.78. The van der Waals surface area contributed by atoms with Crippen LogP contribution in [0.2, 0.25) is 5.02 Å². The molecule has 2 rings (SSSR count). The molecule has 18 heavy (non-hydrogen) atoms. The fourth-order valence-electron chi connectivity index (χ4n) is 1.91. The van der Waals surface area contributed by atoms with E-state index in [4.69, 9.17) is 17.3 Å². The molecule has 0 atom stereocenters. The molecule has 0 aromatic heterocycles. The van der Waals surface area contributed by atoms with E-state index in [-0.39, 0.29) is 21.9 Å². The third-order valence-corrected chi connectivity index (χ3v) is 3.51. The largest absolute Gasteiger partial charge is 0.378 e. The fraction of sp³-hybridized carbons (Fsp3) is 0.455. The lowest BCUT2D eigenvalue weighted by Gasteiger charge is -2.38. The molecule has 0 bridgehead atoms. The SMILES string of the molecule is NC1(CNc2cc(Cl)c(F)cc2[N+](=O)[O-])CCC1. The summed E-state index contributed by atoms with van der Waals surface area (Å²) in [4.78, 5) is 10.2. The molecule has 0 heterocycles. The molecule has 0 spiro atoms. The molecule has 3 N–H and O–H groups in total. The van der Waals surface area contributed by atoms with E-state index in [1.165, 1.54) is 6.07 Å². The Kier molecular flexibility index (Phi) is 3.41. The molecule has 7 heteroatoms. The third kappa shape index (κ3) is 2.54. The van der Waals surface area contributed by atoms with E-state index in [1.54, 1.807) is 0 Å². The van der Waals surface area contributed by atoms with Gasteiger partial charge in [-0.25, -0.2) is 4.39 Å². The van der Waals surface area contributed by atoms with Gasteiger partial charge in [0.2, 0.25) is 0 Å². The maximum absolute atomic E-state index is 13.2. The van der Waals surface area contributed by atoms with Crippen molar-refractivity contribution in [2.45, 2.75) is 24.8 Å². The molecule has 1 aliphatic carbocycles. The lowest BCUT2D eigenvalue weighted by Crippen LogP contribution is -2.52. The predicted molar refractivity (Wildman–Crippen MR) is 67.3 cm³/mol. The van der Waals surface area contributed by atoms with Crippen LogP contribution in [0.15, 0.2) is 12.1 Å². The molecule has 1 aliphatic rings. The Hall–Kier alpha value is -1.40. The first-order valence-corrected chi connectivity index (χ1v) is 5.95. The van der Waals surface area contributed by atoms with Crippen molar-refractivity contribution in [1.82, 2.24) is 0 Å². The highest BCUT2D eigenvalue weighted by Crippen LogP contribution is 2.33. The van der Waals surface area contributed by atoms with E-state index in [9.17, 15) is 14.5 Å².